The van der Waals surface area contributed by atoms with E-state index in [1.54, 1.807) is 42.3 Å². The van der Waals surface area contributed by atoms with Crippen molar-refractivity contribution in [3.63, 3.8) is 0 Å². The maximum atomic E-state index is 3.50. The zero-order chi connectivity index (χ0) is 11.7. The molecule has 1 aromatic rings. The zero-order valence-electron chi connectivity index (χ0n) is 11.7. The van der Waals surface area contributed by atoms with Gasteiger partial charge in [0.05, 0.1) is 0 Å². The molecule has 0 aliphatic rings. The molecule has 0 fully saturated rings. The Hall–Kier alpha value is 0.113. The van der Waals surface area contributed by atoms with E-state index in [-0.39, 0.29) is 33.6 Å². The Morgan fingerprint density at radius 2 is 0.875 bits per heavy atom. The smallest absolute Gasteiger partial charge is 0 e. The summed E-state index contributed by atoms with van der Waals surface area (Å²) in [5, 5.41) is 10.5. The van der Waals surface area contributed by atoms with E-state index in [1.165, 1.54) is 0 Å². The fourth-order valence-corrected chi connectivity index (χ4v) is 0.321. The van der Waals surface area contributed by atoms with Crippen LogP contribution in [-0.4, -0.2) is 42.3 Å². The number of hydrogen-bond acceptors (Lipinski definition) is 0. The van der Waals surface area contributed by atoms with Crippen LogP contribution < -0.4 is 0 Å². The summed E-state index contributed by atoms with van der Waals surface area (Å²) in [6, 6.07) is 10.0. The Labute approximate surface area is 122 Å². The quantitative estimate of drug-likeness (QED) is 0.656. The summed E-state index contributed by atoms with van der Waals surface area (Å²) in [6.45, 7) is 0. The van der Waals surface area contributed by atoms with Crippen molar-refractivity contribution in [2.45, 2.75) is 0 Å². The second-order valence-corrected chi connectivity index (χ2v) is 2.30. The Balaban J connectivity index is -0.0000000336. The monoisotopic (exact) mass is 302 g/mol. The standard InChI is InChI=1S/C5H5.3C2H6N.CH3.Zr/c1-2-4-5-3-1;3*1-3-2;;/h1-5H;3*1-2H3;1H3;/q5*-1;. The number of nitrogens with zero attached hydrogens (tertiary/aromatic N) is 3. The van der Waals surface area contributed by atoms with Gasteiger partial charge in [-0.15, -0.1) is 0 Å². The molecule has 1 aromatic carbocycles. The van der Waals surface area contributed by atoms with Crippen LogP contribution in [0.25, 0.3) is 16.0 Å². The van der Waals surface area contributed by atoms with Gasteiger partial charge in [-0.05, 0) is 0 Å². The Bertz CT molecular complexity index is 99.8. The minimum atomic E-state index is 0. The maximum Gasteiger partial charge on any atom is 0 e. The summed E-state index contributed by atoms with van der Waals surface area (Å²) in [5.74, 6) is 0. The average Bonchev–Trinajstić information content (AvgIpc) is 2.63. The van der Waals surface area contributed by atoms with E-state index in [0.29, 0.717) is 0 Å². The number of hydrogen-bond donors (Lipinski definition) is 0. The van der Waals surface area contributed by atoms with Gasteiger partial charge in [-0.3, -0.25) is 0 Å². The average molecular weight is 304 g/mol. The Morgan fingerprint density at radius 3 is 0.938 bits per heavy atom. The molecule has 0 unspecified atom stereocenters. The molecular formula is C12H26N3Zr-5. The van der Waals surface area contributed by atoms with Crippen molar-refractivity contribution >= 4 is 0 Å². The molecule has 0 aliphatic heterocycles. The van der Waals surface area contributed by atoms with Gasteiger partial charge in [0.25, 0.3) is 0 Å². The largest absolute Gasteiger partial charge is 0.668 e. The van der Waals surface area contributed by atoms with Gasteiger partial charge >= 0.3 is 0 Å². The maximum absolute atomic E-state index is 3.50. The van der Waals surface area contributed by atoms with Crippen LogP contribution in [0.4, 0.5) is 0 Å². The van der Waals surface area contributed by atoms with Crippen molar-refractivity contribution in [3.8, 4) is 0 Å². The molecule has 0 aliphatic carbocycles. The van der Waals surface area contributed by atoms with Gasteiger partial charge in [0.15, 0.2) is 0 Å². The Morgan fingerprint density at radius 1 is 0.688 bits per heavy atom. The molecule has 0 saturated carbocycles. The van der Waals surface area contributed by atoms with Gasteiger partial charge in [-0.2, -0.15) is 60.5 Å². The molecule has 0 atom stereocenters. The molecule has 0 bridgehead atoms. The molecule has 3 nitrogen and oxygen atoms in total. The summed E-state index contributed by atoms with van der Waals surface area (Å²) < 4.78 is 0. The van der Waals surface area contributed by atoms with Gasteiger partial charge in [-0.1, -0.05) is 0 Å². The van der Waals surface area contributed by atoms with E-state index in [4.69, 9.17) is 0 Å². The predicted molar refractivity (Wildman–Crippen MR) is 74.1 cm³/mol. The molecule has 1 rings (SSSR count). The van der Waals surface area contributed by atoms with Gasteiger partial charge in [0.2, 0.25) is 0 Å². The normalized spacial score (nSPS) is 5.88. The summed E-state index contributed by atoms with van der Waals surface area (Å²) >= 11 is 0. The van der Waals surface area contributed by atoms with Crippen molar-refractivity contribution in [1.82, 2.24) is 0 Å². The van der Waals surface area contributed by atoms with Crippen LogP contribution in [0.5, 0.6) is 0 Å². The molecular weight excluding hydrogens is 277 g/mol. The Kier molecular flexibility index (Phi) is 85.2. The topological polar surface area (TPSA) is 42.3 Å². The summed E-state index contributed by atoms with van der Waals surface area (Å²) in [5.41, 5.74) is 0. The van der Waals surface area contributed by atoms with Crippen LogP contribution in [0.15, 0.2) is 30.3 Å². The van der Waals surface area contributed by atoms with Crippen molar-refractivity contribution in [3.05, 3.63) is 53.7 Å². The van der Waals surface area contributed by atoms with Gasteiger partial charge < -0.3 is 23.4 Å². The molecule has 98 valence electrons. The van der Waals surface area contributed by atoms with E-state index in [2.05, 4.69) is 16.0 Å². The van der Waals surface area contributed by atoms with E-state index in [0.717, 1.165) is 0 Å². The molecule has 16 heavy (non-hydrogen) atoms. The molecule has 0 spiro atoms. The SMILES string of the molecule is C[N-]C.C[N-]C.C[N-]C.[CH3-].[Zr].c1cc[cH-]c1. The first-order valence-electron chi connectivity index (χ1n) is 4.35. The van der Waals surface area contributed by atoms with E-state index < -0.39 is 0 Å². The van der Waals surface area contributed by atoms with Gasteiger partial charge in [-0.25, -0.2) is 12.1 Å². The predicted octanol–water partition coefficient (Wildman–Crippen LogP) is 3.71. The minimum Gasteiger partial charge on any atom is -0.668 e. The molecule has 0 amide bonds. The third-order valence-electron chi connectivity index (χ3n) is 0.556. The molecule has 0 heterocycles. The summed E-state index contributed by atoms with van der Waals surface area (Å²) in [4.78, 5) is 0. The first-order chi connectivity index (χ1) is 6.74. The molecule has 0 aromatic heterocycles. The van der Waals surface area contributed by atoms with E-state index in [1.807, 2.05) is 30.3 Å². The third-order valence-corrected chi connectivity index (χ3v) is 0.556. The fraction of sp³-hybridized carbons (Fsp3) is 0.500. The number of rotatable bonds is 0. The van der Waals surface area contributed by atoms with Crippen LogP contribution in [0.1, 0.15) is 0 Å². The second-order valence-electron chi connectivity index (χ2n) is 2.30. The van der Waals surface area contributed by atoms with Crippen molar-refractivity contribution < 1.29 is 26.2 Å². The molecule has 0 N–H and O–H groups in total. The summed E-state index contributed by atoms with van der Waals surface area (Å²) in [7, 11) is 10.5. The first-order valence-corrected chi connectivity index (χ1v) is 4.35. The van der Waals surface area contributed by atoms with Crippen LogP contribution in [0.2, 0.25) is 0 Å². The van der Waals surface area contributed by atoms with Gasteiger partial charge in [0.1, 0.15) is 0 Å². The fourth-order valence-electron chi connectivity index (χ4n) is 0.321. The molecule has 0 radical (unpaired) electrons. The minimum absolute atomic E-state index is 0. The molecule has 4 heteroatoms. The van der Waals surface area contributed by atoms with Crippen molar-refractivity contribution in [1.29, 1.82) is 0 Å². The van der Waals surface area contributed by atoms with Crippen LogP contribution in [0.3, 0.4) is 0 Å². The first kappa shape index (κ1) is 29.8. The van der Waals surface area contributed by atoms with E-state index >= 15 is 0 Å². The molecule has 0 saturated heterocycles. The van der Waals surface area contributed by atoms with Crippen molar-refractivity contribution in [2.75, 3.05) is 42.3 Å². The second kappa shape index (κ2) is 45.7. The van der Waals surface area contributed by atoms with Crippen molar-refractivity contribution in [2.24, 2.45) is 0 Å². The van der Waals surface area contributed by atoms with Crippen LogP contribution in [-0.2, 0) is 26.2 Å². The van der Waals surface area contributed by atoms with E-state index in [9.17, 15) is 0 Å². The van der Waals surface area contributed by atoms with Crippen LogP contribution in [0, 0.1) is 7.43 Å². The zero-order valence-corrected chi connectivity index (χ0v) is 14.2. The third kappa shape index (κ3) is 92.8. The summed E-state index contributed by atoms with van der Waals surface area (Å²) in [6.07, 6.45) is 0. The van der Waals surface area contributed by atoms with Gasteiger partial charge in [0, 0.05) is 26.2 Å². The van der Waals surface area contributed by atoms with Crippen LogP contribution >= 0.6 is 0 Å².